The highest BCUT2D eigenvalue weighted by Gasteiger charge is 1.96. The van der Waals surface area contributed by atoms with Crippen LogP contribution in [0.4, 0.5) is 0 Å². The van der Waals surface area contributed by atoms with Gasteiger partial charge in [-0.2, -0.15) is 0 Å². The van der Waals surface area contributed by atoms with Crippen LogP contribution in [0.25, 0.3) is 0 Å². The number of carboxylic acid groups (broad SMARTS) is 1. The van der Waals surface area contributed by atoms with Gasteiger partial charge in [-0.25, -0.2) is 0 Å². The fourth-order valence-electron chi connectivity index (χ4n) is 1.02. The van der Waals surface area contributed by atoms with Crippen molar-refractivity contribution in [2.45, 2.75) is 20.3 Å². The number of benzene rings is 1. The summed E-state index contributed by atoms with van der Waals surface area (Å²) in [6.45, 7) is 6.39. The molecule has 1 aromatic rings. The number of carbonyl (C=O) groups is 1. The van der Waals surface area contributed by atoms with Crippen LogP contribution in [0.3, 0.4) is 0 Å². The lowest BCUT2D eigenvalue weighted by Crippen LogP contribution is -2.09. The van der Waals surface area contributed by atoms with Crippen LogP contribution < -0.4 is 5.32 Å². The first kappa shape index (κ1) is 17.6. The first-order valence-electron chi connectivity index (χ1n) is 5.50. The van der Waals surface area contributed by atoms with Crippen LogP contribution in [0.15, 0.2) is 30.3 Å². The van der Waals surface area contributed by atoms with E-state index < -0.39 is 5.97 Å². The van der Waals surface area contributed by atoms with Crippen LogP contribution in [0.5, 0.6) is 0 Å². The summed E-state index contributed by atoms with van der Waals surface area (Å²) in [4.78, 5) is 10.2. The number of terminal acetylenes is 1. The van der Waals surface area contributed by atoms with E-state index in [0.717, 1.165) is 18.7 Å². The maximum atomic E-state index is 10.2. The van der Waals surface area contributed by atoms with E-state index in [4.69, 9.17) is 5.11 Å². The minimum Gasteiger partial charge on any atom is -0.481 e. The molecule has 1 aromatic carbocycles. The standard InChI is InChI=1S/C8H8O2.C4H11N.C2H2/c9-8(10)6-7-4-2-1-3-5-7;1-3-5-4-2;1-2/h1-5H,6H2,(H,9,10);5H,3-4H2,1-2H3;1-2H. The van der Waals surface area contributed by atoms with Gasteiger partial charge in [0.2, 0.25) is 0 Å². The van der Waals surface area contributed by atoms with Crippen molar-refractivity contribution in [1.29, 1.82) is 0 Å². The van der Waals surface area contributed by atoms with E-state index in [1.54, 1.807) is 12.1 Å². The summed E-state index contributed by atoms with van der Waals surface area (Å²) in [6, 6.07) is 9.13. The fourth-order valence-corrected chi connectivity index (χ4v) is 1.02. The van der Waals surface area contributed by atoms with Crippen LogP contribution in [-0.4, -0.2) is 24.2 Å². The van der Waals surface area contributed by atoms with Gasteiger partial charge in [0, 0.05) is 0 Å². The molecule has 0 radical (unpaired) electrons. The second kappa shape index (κ2) is 14.2. The lowest BCUT2D eigenvalue weighted by Gasteiger charge is -1.92. The molecule has 2 N–H and O–H groups in total. The molecule has 0 aliphatic rings. The van der Waals surface area contributed by atoms with E-state index in [0.29, 0.717) is 0 Å². The minimum absolute atomic E-state index is 0.112. The van der Waals surface area contributed by atoms with E-state index >= 15 is 0 Å². The van der Waals surface area contributed by atoms with Gasteiger partial charge in [-0.1, -0.05) is 44.2 Å². The van der Waals surface area contributed by atoms with E-state index in [9.17, 15) is 4.79 Å². The van der Waals surface area contributed by atoms with Crippen molar-refractivity contribution in [2.24, 2.45) is 0 Å². The SMILES string of the molecule is C#C.CCNCC.O=C(O)Cc1ccccc1. The second-order valence-electron chi connectivity index (χ2n) is 3.01. The van der Waals surface area contributed by atoms with Crippen LogP contribution in [-0.2, 0) is 11.2 Å². The lowest BCUT2D eigenvalue weighted by molar-refractivity contribution is -0.136. The molecule has 17 heavy (non-hydrogen) atoms. The van der Waals surface area contributed by atoms with Crippen molar-refractivity contribution >= 4 is 5.97 Å². The van der Waals surface area contributed by atoms with E-state index in [-0.39, 0.29) is 6.42 Å². The topological polar surface area (TPSA) is 49.3 Å². The highest BCUT2D eigenvalue weighted by Crippen LogP contribution is 1.98. The van der Waals surface area contributed by atoms with Gasteiger partial charge < -0.3 is 10.4 Å². The summed E-state index contributed by atoms with van der Waals surface area (Å²) in [5.74, 6) is -0.786. The van der Waals surface area contributed by atoms with Crippen molar-refractivity contribution in [3.05, 3.63) is 35.9 Å². The van der Waals surface area contributed by atoms with Gasteiger partial charge in [0.25, 0.3) is 0 Å². The molecule has 3 nitrogen and oxygen atoms in total. The Labute approximate surface area is 104 Å². The monoisotopic (exact) mass is 235 g/mol. The zero-order chi connectivity index (χ0) is 13.5. The fraction of sp³-hybridized carbons (Fsp3) is 0.357. The third kappa shape index (κ3) is 14.2. The molecule has 94 valence electrons. The molecule has 1 rings (SSSR count). The molecule has 0 saturated carbocycles. The molecule has 0 fully saturated rings. The van der Waals surface area contributed by atoms with Gasteiger partial charge in [0.05, 0.1) is 6.42 Å². The molecule has 0 amide bonds. The summed E-state index contributed by atoms with van der Waals surface area (Å²) < 4.78 is 0. The van der Waals surface area contributed by atoms with Gasteiger partial charge in [-0.3, -0.25) is 4.79 Å². The van der Waals surface area contributed by atoms with E-state index in [2.05, 4.69) is 32.0 Å². The molecular weight excluding hydrogens is 214 g/mol. The smallest absolute Gasteiger partial charge is 0.307 e. The zero-order valence-electron chi connectivity index (χ0n) is 10.5. The molecule has 0 atom stereocenters. The molecule has 3 heteroatoms. The molecule has 0 heterocycles. The molecule has 0 aliphatic heterocycles. The lowest BCUT2D eigenvalue weighted by atomic mass is 10.2. The summed E-state index contributed by atoms with van der Waals surface area (Å²) in [5, 5.41) is 11.5. The minimum atomic E-state index is -0.786. The highest BCUT2D eigenvalue weighted by atomic mass is 16.4. The Balaban J connectivity index is 0. The van der Waals surface area contributed by atoms with Crippen molar-refractivity contribution in [3.8, 4) is 12.8 Å². The molecule has 0 unspecified atom stereocenters. The Kier molecular flexibility index (Phi) is 14.7. The second-order valence-corrected chi connectivity index (χ2v) is 3.01. The largest absolute Gasteiger partial charge is 0.481 e. The Hall–Kier alpha value is -1.79. The van der Waals surface area contributed by atoms with Crippen molar-refractivity contribution in [2.75, 3.05) is 13.1 Å². The number of hydrogen-bond acceptors (Lipinski definition) is 2. The summed E-state index contributed by atoms with van der Waals surface area (Å²) in [7, 11) is 0. The Morgan fingerprint density at radius 1 is 1.18 bits per heavy atom. The number of carboxylic acids is 1. The average Bonchev–Trinajstić information content (AvgIpc) is 2.34. The highest BCUT2D eigenvalue weighted by molar-refractivity contribution is 5.70. The summed E-state index contributed by atoms with van der Waals surface area (Å²) >= 11 is 0. The first-order valence-corrected chi connectivity index (χ1v) is 5.50. The Bertz CT molecular complexity index is 292. The predicted molar refractivity (Wildman–Crippen MR) is 71.9 cm³/mol. The van der Waals surface area contributed by atoms with Crippen molar-refractivity contribution in [3.63, 3.8) is 0 Å². The van der Waals surface area contributed by atoms with Crippen molar-refractivity contribution < 1.29 is 9.90 Å². The molecule has 0 aromatic heterocycles. The number of hydrogen-bond donors (Lipinski definition) is 2. The van der Waals surface area contributed by atoms with Gasteiger partial charge >= 0.3 is 5.97 Å². The molecule has 0 aliphatic carbocycles. The van der Waals surface area contributed by atoms with Gasteiger partial charge in [-0.15, -0.1) is 12.8 Å². The quantitative estimate of drug-likeness (QED) is 0.786. The first-order chi connectivity index (χ1) is 8.20. The third-order valence-corrected chi connectivity index (χ3v) is 1.70. The maximum Gasteiger partial charge on any atom is 0.307 e. The normalized spacial score (nSPS) is 8.00. The van der Waals surface area contributed by atoms with Crippen LogP contribution in [0.2, 0.25) is 0 Å². The Morgan fingerprint density at radius 3 is 1.94 bits per heavy atom. The van der Waals surface area contributed by atoms with Crippen LogP contribution in [0.1, 0.15) is 19.4 Å². The molecule has 0 saturated heterocycles. The third-order valence-electron chi connectivity index (χ3n) is 1.70. The molecular formula is C14H21NO2. The average molecular weight is 235 g/mol. The van der Waals surface area contributed by atoms with Gasteiger partial charge in [0.1, 0.15) is 0 Å². The zero-order valence-corrected chi connectivity index (χ0v) is 10.5. The number of aliphatic carboxylic acids is 1. The summed E-state index contributed by atoms with van der Waals surface area (Å²) in [5.41, 5.74) is 0.843. The number of rotatable bonds is 4. The Morgan fingerprint density at radius 2 is 1.65 bits per heavy atom. The summed E-state index contributed by atoms with van der Waals surface area (Å²) in [6.07, 6.45) is 8.11. The van der Waals surface area contributed by atoms with Crippen LogP contribution in [0, 0.1) is 12.8 Å². The predicted octanol–water partition coefficient (Wildman–Crippen LogP) is 2.18. The number of nitrogens with one attached hydrogen (secondary N) is 1. The van der Waals surface area contributed by atoms with Gasteiger partial charge in [-0.05, 0) is 18.7 Å². The molecule has 0 bridgehead atoms. The van der Waals surface area contributed by atoms with Crippen LogP contribution >= 0.6 is 0 Å². The van der Waals surface area contributed by atoms with E-state index in [1.165, 1.54) is 0 Å². The van der Waals surface area contributed by atoms with Gasteiger partial charge in [0.15, 0.2) is 0 Å². The molecule has 0 spiro atoms. The maximum absolute atomic E-state index is 10.2. The van der Waals surface area contributed by atoms with Crippen molar-refractivity contribution in [1.82, 2.24) is 5.32 Å². The van der Waals surface area contributed by atoms with E-state index in [1.807, 2.05) is 18.2 Å².